The quantitative estimate of drug-likeness (QED) is 0.852. The number of benzene rings is 1. The number of hydrogen-bond donors (Lipinski definition) is 1. The Morgan fingerprint density at radius 2 is 1.79 bits per heavy atom. The first kappa shape index (κ1) is 13.3. The van der Waals surface area contributed by atoms with Gasteiger partial charge in [0.15, 0.2) is 0 Å². The third-order valence-electron chi connectivity index (χ3n) is 3.02. The summed E-state index contributed by atoms with van der Waals surface area (Å²) in [6, 6.07) is 11.5. The fourth-order valence-electron chi connectivity index (χ4n) is 1.86. The summed E-state index contributed by atoms with van der Waals surface area (Å²) in [6.07, 6.45) is 1.50. The normalized spacial score (nSPS) is 12.0. The van der Waals surface area contributed by atoms with Crippen molar-refractivity contribution < 1.29 is 4.39 Å². The summed E-state index contributed by atoms with van der Waals surface area (Å²) in [5, 5.41) is 3.29. The summed E-state index contributed by atoms with van der Waals surface area (Å²) in [4.78, 5) is 5.69. The van der Waals surface area contributed by atoms with Crippen LogP contribution in [0.3, 0.4) is 0 Å². The first-order valence-electron chi connectivity index (χ1n) is 6.21. The first-order chi connectivity index (χ1) is 9.06. The maximum atomic E-state index is 12.7. The highest BCUT2D eigenvalue weighted by atomic mass is 19.1. The average Bonchev–Trinajstić information content (AvgIpc) is 2.41. The van der Waals surface area contributed by atoms with Crippen LogP contribution in [0.15, 0.2) is 42.6 Å². The van der Waals surface area contributed by atoms with E-state index in [9.17, 15) is 4.39 Å². The van der Waals surface area contributed by atoms with Crippen LogP contribution in [0.25, 0.3) is 0 Å². The molecule has 3 nitrogen and oxygen atoms in total. The Kier molecular flexibility index (Phi) is 4.00. The minimum atomic E-state index is -0.464. The molecule has 19 heavy (non-hydrogen) atoms. The fraction of sp³-hybridized carbons (Fsp3) is 0.267. The van der Waals surface area contributed by atoms with Gasteiger partial charge < -0.3 is 10.2 Å². The zero-order chi connectivity index (χ0) is 13.8. The van der Waals surface area contributed by atoms with E-state index < -0.39 is 5.95 Å². The third kappa shape index (κ3) is 3.44. The Bertz CT molecular complexity index is 520. The van der Waals surface area contributed by atoms with E-state index in [1.54, 1.807) is 6.07 Å². The lowest BCUT2D eigenvalue weighted by Crippen LogP contribution is -2.10. The molecule has 0 aliphatic heterocycles. The van der Waals surface area contributed by atoms with Gasteiger partial charge >= 0.3 is 0 Å². The molecule has 1 aromatic carbocycles. The Morgan fingerprint density at radius 3 is 2.32 bits per heavy atom. The van der Waals surface area contributed by atoms with E-state index in [1.807, 2.05) is 14.1 Å². The molecule has 0 fully saturated rings. The molecule has 1 aromatic heterocycles. The molecular weight excluding hydrogens is 241 g/mol. The number of rotatable bonds is 4. The van der Waals surface area contributed by atoms with Crippen LogP contribution in [0.4, 0.5) is 15.8 Å². The Balaban J connectivity index is 2.07. The lowest BCUT2D eigenvalue weighted by atomic mass is 10.1. The van der Waals surface area contributed by atoms with E-state index in [0.29, 0.717) is 0 Å². The molecule has 1 heterocycles. The molecule has 0 spiro atoms. The van der Waals surface area contributed by atoms with E-state index in [4.69, 9.17) is 0 Å². The zero-order valence-corrected chi connectivity index (χ0v) is 11.4. The van der Waals surface area contributed by atoms with Gasteiger partial charge in [0.25, 0.3) is 0 Å². The zero-order valence-electron chi connectivity index (χ0n) is 11.4. The van der Waals surface area contributed by atoms with Crippen molar-refractivity contribution in [1.29, 1.82) is 0 Å². The van der Waals surface area contributed by atoms with Crippen LogP contribution in [0.2, 0.25) is 0 Å². The molecule has 1 N–H and O–H groups in total. The second-order valence-electron chi connectivity index (χ2n) is 4.72. The fourth-order valence-corrected chi connectivity index (χ4v) is 1.86. The molecule has 0 bridgehead atoms. The number of pyridine rings is 1. The van der Waals surface area contributed by atoms with Crippen LogP contribution < -0.4 is 10.2 Å². The molecule has 1 atom stereocenters. The number of hydrogen-bond acceptors (Lipinski definition) is 3. The lowest BCUT2D eigenvalue weighted by Gasteiger charge is -2.17. The van der Waals surface area contributed by atoms with Crippen molar-refractivity contribution in [3.05, 3.63) is 54.1 Å². The molecule has 100 valence electrons. The van der Waals surface area contributed by atoms with E-state index in [2.05, 4.69) is 46.4 Å². The summed E-state index contributed by atoms with van der Waals surface area (Å²) in [5.74, 6) is -0.464. The number of halogens is 1. The van der Waals surface area contributed by atoms with Gasteiger partial charge in [-0.25, -0.2) is 4.98 Å². The molecule has 2 aromatic rings. The predicted octanol–water partition coefficient (Wildman–Crippen LogP) is 3.46. The number of nitrogens with zero attached hydrogens (tertiary/aromatic N) is 2. The molecule has 0 radical (unpaired) electrons. The predicted molar refractivity (Wildman–Crippen MR) is 77.0 cm³/mol. The van der Waals surface area contributed by atoms with Crippen molar-refractivity contribution in [2.45, 2.75) is 13.0 Å². The molecule has 4 heteroatoms. The second-order valence-corrected chi connectivity index (χ2v) is 4.72. The van der Waals surface area contributed by atoms with Gasteiger partial charge in [-0.1, -0.05) is 12.1 Å². The molecule has 0 amide bonds. The summed E-state index contributed by atoms with van der Waals surface area (Å²) in [7, 11) is 4.03. The van der Waals surface area contributed by atoms with Gasteiger partial charge in [-0.15, -0.1) is 0 Å². The van der Waals surface area contributed by atoms with Crippen LogP contribution in [-0.2, 0) is 0 Å². The molecule has 0 aliphatic carbocycles. The standard InChI is InChI=1S/C15H18FN3/c1-11(18-13-6-9-15(16)17-10-13)12-4-7-14(8-5-12)19(2)3/h4-11,18H,1-3H3. The SMILES string of the molecule is CC(Nc1ccc(F)nc1)c1ccc(N(C)C)cc1. The van der Waals surface area contributed by atoms with E-state index >= 15 is 0 Å². The molecule has 0 saturated carbocycles. The summed E-state index contributed by atoms with van der Waals surface area (Å²) >= 11 is 0. The smallest absolute Gasteiger partial charge is 0.212 e. The van der Waals surface area contributed by atoms with Crippen molar-refractivity contribution in [1.82, 2.24) is 4.98 Å². The minimum Gasteiger partial charge on any atom is -0.378 e. The van der Waals surface area contributed by atoms with Crippen molar-refractivity contribution in [2.24, 2.45) is 0 Å². The van der Waals surface area contributed by atoms with Gasteiger partial charge in [-0.3, -0.25) is 0 Å². The van der Waals surface area contributed by atoms with Gasteiger partial charge in [0.2, 0.25) is 5.95 Å². The van der Waals surface area contributed by atoms with Gasteiger partial charge in [-0.05, 0) is 36.8 Å². The number of nitrogens with one attached hydrogen (secondary N) is 1. The second kappa shape index (κ2) is 5.69. The topological polar surface area (TPSA) is 28.2 Å². The van der Waals surface area contributed by atoms with Gasteiger partial charge in [-0.2, -0.15) is 4.39 Å². The van der Waals surface area contributed by atoms with E-state index in [-0.39, 0.29) is 6.04 Å². The van der Waals surface area contributed by atoms with Crippen LogP contribution in [0.5, 0.6) is 0 Å². The maximum Gasteiger partial charge on any atom is 0.212 e. The molecular formula is C15H18FN3. The van der Waals surface area contributed by atoms with Crippen molar-refractivity contribution in [3.8, 4) is 0 Å². The van der Waals surface area contributed by atoms with Crippen molar-refractivity contribution in [3.63, 3.8) is 0 Å². The molecule has 0 saturated heterocycles. The third-order valence-corrected chi connectivity index (χ3v) is 3.02. The Hall–Kier alpha value is -2.10. The summed E-state index contributed by atoms with van der Waals surface area (Å²) in [6.45, 7) is 2.06. The van der Waals surface area contributed by atoms with Crippen LogP contribution >= 0.6 is 0 Å². The van der Waals surface area contributed by atoms with E-state index in [0.717, 1.165) is 5.69 Å². The minimum absolute atomic E-state index is 0.142. The highest BCUT2D eigenvalue weighted by Gasteiger charge is 2.06. The van der Waals surface area contributed by atoms with Gasteiger partial charge in [0.1, 0.15) is 0 Å². The molecule has 0 aliphatic rings. The Labute approximate surface area is 113 Å². The highest BCUT2D eigenvalue weighted by molar-refractivity contribution is 5.48. The Morgan fingerprint density at radius 1 is 1.11 bits per heavy atom. The van der Waals surface area contributed by atoms with Crippen LogP contribution in [0.1, 0.15) is 18.5 Å². The lowest BCUT2D eigenvalue weighted by molar-refractivity contribution is 0.584. The largest absolute Gasteiger partial charge is 0.378 e. The number of anilines is 2. The summed E-state index contributed by atoms with van der Waals surface area (Å²) in [5.41, 5.74) is 3.15. The molecule has 2 rings (SSSR count). The van der Waals surface area contributed by atoms with E-state index in [1.165, 1.54) is 23.5 Å². The average molecular weight is 259 g/mol. The van der Waals surface area contributed by atoms with Crippen LogP contribution in [-0.4, -0.2) is 19.1 Å². The van der Waals surface area contributed by atoms with Crippen molar-refractivity contribution >= 4 is 11.4 Å². The maximum absolute atomic E-state index is 12.7. The monoisotopic (exact) mass is 259 g/mol. The first-order valence-corrected chi connectivity index (χ1v) is 6.21. The summed E-state index contributed by atoms with van der Waals surface area (Å²) < 4.78 is 12.7. The molecule has 1 unspecified atom stereocenters. The van der Waals surface area contributed by atoms with Crippen LogP contribution in [0, 0.1) is 5.95 Å². The highest BCUT2D eigenvalue weighted by Crippen LogP contribution is 2.21. The number of aromatic nitrogens is 1. The van der Waals surface area contributed by atoms with Gasteiger partial charge in [0, 0.05) is 25.8 Å². The van der Waals surface area contributed by atoms with Gasteiger partial charge in [0.05, 0.1) is 11.9 Å². The van der Waals surface area contributed by atoms with Crippen molar-refractivity contribution in [2.75, 3.05) is 24.3 Å².